The summed E-state index contributed by atoms with van der Waals surface area (Å²) in [6.45, 7) is 3.54. The minimum absolute atomic E-state index is 0.0356. The van der Waals surface area contributed by atoms with Gasteiger partial charge in [-0.25, -0.2) is 13.2 Å². The highest BCUT2D eigenvalue weighted by Gasteiger charge is 2.36. The number of ether oxygens (including phenoxy) is 2. The van der Waals surface area contributed by atoms with E-state index in [2.05, 4.69) is 10.6 Å². The summed E-state index contributed by atoms with van der Waals surface area (Å²) in [5.41, 5.74) is 0.807. The van der Waals surface area contributed by atoms with Gasteiger partial charge < -0.3 is 20.1 Å². The van der Waals surface area contributed by atoms with Gasteiger partial charge in [0.25, 0.3) is 0 Å². The number of sulfonamides is 1. The van der Waals surface area contributed by atoms with Gasteiger partial charge in [0.05, 0.1) is 17.5 Å². The van der Waals surface area contributed by atoms with Crippen LogP contribution >= 0.6 is 0 Å². The third-order valence-electron chi connectivity index (χ3n) is 6.67. The van der Waals surface area contributed by atoms with E-state index in [4.69, 9.17) is 9.47 Å². The van der Waals surface area contributed by atoms with Gasteiger partial charge in [-0.15, -0.1) is 0 Å². The van der Waals surface area contributed by atoms with Gasteiger partial charge in [0, 0.05) is 6.54 Å². The third kappa shape index (κ3) is 8.40. The molecular formula is C31H35N3O7S. The molecule has 2 amide bonds. The fourth-order valence-electron chi connectivity index (χ4n) is 4.49. The van der Waals surface area contributed by atoms with Crippen LogP contribution in [-0.2, 0) is 31.0 Å². The molecule has 0 aliphatic carbocycles. The molecule has 0 saturated carbocycles. The summed E-state index contributed by atoms with van der Waals surface area (Å²) in [6, 6.07) is 22.5. The van der Waals surface area contributed by atoms with Crippen molar-refractivity contribution < 1.29 is 32.3 Å². The molecule has 11 heteroatoms. The average molecular weight is 594 g/mol. The van der Waals surface area contributed by atoms with E-state index in [1.54, 1.807) is 24.3 Å². The number of para-hydroxylation sites is 1. The second-order valence-electron chi connectivity index (χ2n) is 10.4. The molecule has 3 aromatic rings. The molecule has 1 aliphatic heterocycles. The van der Waals surface area contributed by atoms with Crippen LogP contribution in [0, 0.1) is 5.92 Å². The molecule has 2 N–H and O–H groups in total. The van der Waals surface area contributed by atoms with Crippen LogP contribution in [0.25, 0.3) is 0 Å². The zero-order valence-electron chi connectivity index (χ0n) is 23.6. The first-order chi connectivity index (χ1) is 20.1. The van der Waals surface area contributed by atoms with Crippen LogP contribution in [0.1, 0.15) is 32.3 Å². The highest BCUT2D eigenvalue weighted by molar-refractivity contribution is 7.89. The van der Waals surface area contributed by atoms with Crippen LogP contribution < -0.4 is 15.4 Å². The Morgan fingerprint density at radius 2 is 1.55 bits per heavy atom. The number of carbonyl (C=O) groups excluding carboxylic acids is 3. The Morgan fingerprint density at radius 3 is 2.17 bits per heavy atom. The van der Waals surface area contributed by atoms with Crippen molar-refractivity contribution in [1.82, 2.24) is 14.9 Å². The largest absolute Gasteiger partial charge is 0.457 e. The third-order valence-corrected chi connectivity index (χ3v) is 8.53. The van der Waals surface area contributed by atoms with E-state index < -0.39 is 39.9 Å². The Bertz CT molecular complexity index is 1460. The van der Waals surface area contributed by atoms with Crippen molar-refractivity contribution in [3.05, 3.63) is 90.5 Å². The van der Waals surface area contributed by atoms with Crippen molar-refractivity contribution in [2.45, 2.75) is 50.3 Å². The predicted molar refractivity (Wildman–Crippen MR) is 156 cm³/mol. The number of carbonyl (C=O) groups is 3. The molecule has 3 aromatic carbocycles. The number of nitrogens with one attached hydrogen (secondary N) is 2. The smallest absolute Gasteiger partial charge is 0.408 e. The van der Waals surface area contributed by atoms with Crippen molar-refractivity contribution in [3.8, 4) is 11.5 Å². The summed E-state index contributed by atoms with van der Waals surface area (Å²) in [5, 5.41) is 5.29. The van der Waals surface area contributed by atoms with Gasteiger partial charge in [0.2, 0.25) is 15.9 Å². The fourth-order valence-corrected chi connectivity index (χ4v) is 5.91. The van der Waals surface area contributed by atoms with E-state index in [-0.39, 0.29) is 36.9 Å². The average Bonchev–Trinajstić information content (AvgIpc) is 2.98. The maximum atomic E-state index is 13.2. The van der Waals surface area contributed by atoms with Crippen molar-refractivity contribution in [2.75, 3.05) is 13.1 Å². The summed E-state index contributed by atoms with van der Waals surface area (Å²) in [6.07, 6.45) is -0.309. The fraction of sp³-hybridized carbons (Fsp3) is 0.323. The van der Waals surface area contributed by atoms with Crippen molar-refractivity contribution >= 4 is 27.8 Å². The standard InChI is InChI=1S/C31H35N3O7S/c1-22(2)19-28(33-31(37)40-21-23-9-5-3-6-10-23)30(36)32-27-17-18-34(20-29(27)35)42(38,39)26-15-13-25(14-16-26)41-24-11-7-4-8-12-24/h3-16,22,27-28H,17-21H2,1-2H3,(H,32,36)(H,33,37)/t27-,28+/m1/s1. The Kier molecular flexibility index (Phi) is 10.3. The Morgan fingerprint density at radius 1 is 0.929 bits per heavy atom. The zero-order chi connectivity index (χ0) is 30.1. The lowest BCUT2D eigenvalue weighted by Crippen LogP contribution is -2.56. The number of rotatable bonds is 11. The lowest BCUT2D eigenvalue weighted by atomic mass is 10.0. The highest BCUT2D eigenvalue weighted by Crippen LogP contribution is 2.25. The van der Waals surface area contributed by atoms with Gasteiger partial charge in [0.15, 0.2) is 5.78 Å². The van der Waals surface area contributed by atoms with E-state index >= 15 is 0 Å². The molecule has 10 nitrogen and oxygen atoms in total. The molecule has 0 unspecified atom stereocenters. The summed E-state index contributed by atoms with van der Waals surface area (Å²) in [4.78, 5) is 38.5. The predicted octanol–water partition coefficient (Wildman–Crippen LogP) is 4.27. The van der Waals surface area contributed by atoms with E-state index in [0.717, 1.165) is 9.87 Å². The first-order valence-electron chi connectivity index (χ1n) is 13.7. The van der Waals surface area contributed by atoms with Crippen LogP contribution in [0.3, 0.4) is 0 Å². The van der Waals surface area contributed by atoms with Gasteiger partial charge in [0.1, 0.15) is 24.1 Å². The van der Waals surface area contributed by atoms with Gasteiger partial charge in [-0.3, -0.25) is 9.59 Å². The summed E-state index contributed by atoms with van der Waals surface area (Å²) < 4.78 is 38.5. The van der Waals surface area contributed by atoms with Gasteiger partial charge in [-0.2, -0.15) is 4.31 Å². The number of Topliss-reactive ketones (excluding diaryl/α,β-unsaturated/α-hetero) is 1. The second-order valence-corrected chi connectivity index (χ2v) is 12.4. The molecule has 1 saturated heterocycles. The summed E-state index contributed by atoms with van der Waals surface area (Å²) >= 11 is 0. The molecule has 42 heavy (non-hydrogen) atoms. The van der Waals surface area contributed by atoms with Gasteiger partial charge in [-0.05, 0) is 60.7 Å². The molecule has 4 rings (SSSR count). The number of benzene rings is 3. The monoisotopic (exact) mass is 593 g/mol. The van der Waals surface area contributed by atoms with Gasteiger partial charge in [-0.1, -0.05) is 62.4 Å². The highest BCUT2D eigenvalue weighted by atomic mass is 32.2. The molecule has 1 heterocycles. The minimum atomic E-state index is -3.94. The van der Waals surface area contributed by atoms with E-state index in [0.29, 0.717) is 17.9 Å². The quantitative estimate of drug-likeness (QED) is 0.340. The van der Waals surface area contributed by atoms with Crippen LogP contribution in [0.4, 0.5) is 4.79 Å². The van der Waals surface area contributed by atoms with Crippen LogP contribution in [-0.4, -0.2) is 55.7 Å². The number of amides is 2. The lowest BCUT2D eigenvalue weighted by Gasteiger charge is -2.31. The molecular weight excluding hydrogens is 558 g/mol. The number of alkyl carbamates (subject to hydrolysis) is 1. The van der Waals surface area contributed by atoms with Crippen LogP contribution in [0.5, 0.6) is 11.5 Å². The van der Waals surface area contributed by atoms with Crippen LogP contribution in [0.2, 0.25) is 0 Å². The number of ketones is 1. The SMILES string of the molecule is CC(C)C[C@H](NC(=O)OCc1ccccc1)C(=O)N[C@@H]1CCN(S(=O)(=O)c2ccc(Oc3ccccc3)cc2)CC1=O. The molecule has 0 bridgehead atoms. The van der Waals surface area contributed by atoms with E-state index in [1.807, 2.05) is 62.4 Å². The maximum Gasteiger partial charge on any atom is 0.408 e. The topological polar surface area (TPSA) is 131 Å². The molecule has 1 aliphatic rings. The Balaban J connectivity index is 1.32. The first-order valence-corrected chi connectivity index (χ1v) is 15.2. The normalized spacial score (nSPS) is 16.5. The number of hydrogen-bond acceptors (Lipinski definition) is 7. The van der Waals surface area contributed by atoms with E-state index in [9.17, 15) is 22.8 Å². The molecule has 222 valence electrons. The number of hydrogen-bond donors (Lipinski definition) is 2. The maximum absolute atomic E-state index is 13.2. The molecule has 0 spiro atoms. The second kappa shape index (κ2) is 14.1. The Labute approximate surface area is 246 Å². The van der Waals surface area contributed by atoms with Crippen molar-refractivity contribution in [1.29, 1.82) is 0 Å². The first kappa shape index (κ1) is 30.7. The number of piperidine rings is 1. The van der Waals surface area contributed by atoms with E-state index in [1.165, 1.54) is 12.1 Å². The zero-order valence-corrected chi connectivity index (χ0v) is 24.4. The number of nitrogens with zero attached hydrogens (tertiary/aromatic N) is 1. The van der Waals surface area contributed by atoms with Gasteiger partial charge >= 0.3 is 6.09 Å². The summed E-state index contributed by atoms with van der Waals surface area (Å²) in [5.74, 6) is 0.215. The van der Waals surface area contributed by atoms with Crippen LogP contribution in [0.15, 0.2) is 89.8 Å². The molecule has 0 aromatic heterocycles. The molecule has 2 atom stereocenters. The molecule has 0 radical (unpaired) electrons. The Hall–Kier alpha value is -4.22. The lowest BCUT2D eigenvalue weighted by molar-refractivity contribution is -0.130. The van der Waals surface area contributed by atoms with Crippen molar-refractivity contribution in [3.63, 3.8) is 0 Å². The van der Waals surface area contributed by atoms with Crippen molar-refractivity contribution in [2.24, 2.45) is 5.92 Å². The summed E-state index contributed by atoms with van der Waals surface area (Å²) in [7, 11) is -3.94. The molecule has 1 fully saturated rings. The minimum Gasteiger partial charge on any atom is -0.457 e.